The van der Waals surface area contributed by atoms with Crippen molar-refractivity contribution in [3.05, 3.63) is 35.9 Å². The molecule has 0 saturated carbocycles. The van der Waals surface area contributed by atoms with Crippen LogP contribution in [-0.4, -0.2) is 47.8 Å². The van der Waals surface area contributed by atoms with Gasteiger partial charge >= 0.3 is 0 Å². The number of aliphatic hydroxyl groups excluding tert-OH is 1. The van der Waals surface area contributed by atoms with Gasteiger partial charge in [0.05, 0.1) is 18.2 Å². The quantitative estimate of drug-likeness (QED) is 0.921. The summed E-state index contributed by atoms with van der Waals surface area (Å²) in [6.07, 6.45) is 5.53. The van der Waals surface area contributed by atoms with Gasteiger partial charge in [-0.25, -0.2) is 4.68 Å². The van der Waals surface area contributed by atoms with Crippen LogP contribution in [0.1, 0.15) is 51.0 Å². The van der Waals surface area contributed by atoms with Crippen LogP contribution in [0, 0.1) is 0 Å². The van der Waals surface area contributed by atoms with E-state index in [1.807, 2.05) is 16.9 Å². The Balaban J connectivity index is 1.90. The summed E-state index contributed by atoms with van der Waals surface area (Å²) >= 11 is 0. The Morgan fingerprint density at radius 3 is 2.78 bits per heavy atom. The first kappa shape index (κ1) is 16.0. The van der Waals surface area contributed by atoms with E-state index in [1.54, 1.807) is 6.20 Å². The molecule has 0 unspecified atom stereocenters. The zero-order chi connectivity index (χ0) is 16.4. The summed E-state index contributed by atoms with van der Waals surface area (Å²) in [4.78, 5) is 6.48. The standard InChI is InChI=1S/C16H24N6O/c1-16(2,3)22-15(18-19-20-22)14-7-6-13(11-23)21(14)10-12-5-4-8-17-9-12/h4-5,8-9,13-14,23H,6-7,10-11H2,1-3H3/t13-,14+/m0/s1. The third-order valence-corrected chi connectivity index (χ3v) is 4.37. The molecule has 1 saturated heterocycles. The van der Waals surface area contributed by atoms with Gasteiger partial charge in [-0.05, 0) is 55.7 Å². The van der Waals surface area contributed by atoms with E-state index in [9.17, 15) is 5.11 Å². The second kappa shape index (κ2) is 6.33. The first-order valence-corrected chi connectivity index (χ1v) is 8.05. The monoisotopic (exact) mass is 316 g/mol. The minimum atomic E-state index is -0.171. The molecule has 7 heteroatoms. The van der Waals surface area contributed by atoms with Gasteiger partial charge in [0.1, 0.15) is 0 Å². The van der Waals surface area contributed by atoms with Gasteiger partial charge < -0.3 is 5.11 Å². The van der Waals surface area contributed by atoms with E-state index in [0.717, 1.165) is 30.8 Å². The molecule has 1 fully saturated rings. The van der Waals surface area contributed by atoms with Crippen molar-refractivity contribution >= 4 is 0 Å². The van der Waals surface area contributed by atoms with Crippen LogP contribution in [0.5, 0.6) is 0 Å². The lowest BCUT2D eigenvalue weighted by Crippen LogP contribution is -2.36. The highest BCUT2D eigenvalue weighted by atomic mass is 16.3. The number of likely N-dealkylation sites (tertiary alicyclic amines) is 1. The number of hydrogen-bond donors (Lipinski definition) is 1. The second-order valence-electron chi connectivity index (χ2n) is 7.08. The van der Waals surface area contributed by atoms with Gasteiger partial charge in [0.15, 0.2) is 5.82 Å². The third-order valence-electron chi connectivity index (χ3n) is 4.37. The molecule has 1 aliphatic heterocycles. The Kier molecular flexibility index (Phi) is 4.41. The first-order valence-electron chi connectivity index (χ1n) is 8.05. The summed E-state index contributed by atoms with van der Waals surface area (Å²) in [5.41, 5.74) is 0.962. The Hall–Kier alpha value is -1.86. The van der Waals surface area contributed by atoms with E-state index in [0.29, 0.717) is 0 Å². The largest absolute Gasteiger partial charge is 0.395 e. The average molecular weight is 316 g/mol. The minimum Gasteiger partial charge on any atom is -0.395 e. The zero-order valence-electron chi connectivity index (χ0n) is 13.9. The van der Waals surface area contributed by atoms with Crippen molar-refractivity contribution in [3.8, 4) is 0 Å². The lowest BCUT2D eigenvalue weighted by atomic mass is 10.1. The number of aliphatic hydroxyl groups is 1. The van der Waals surface area contributed by atoms with Crippen LogP contribution < -0.4 is 0 Å². The fourth-order valence-corrected chi connectivity index (χ4v) is 3.23. The van der Waals surface area contributed by atoms with Gasteiger partial charge in [-0.2, -0.15) is 0 Å². The van der Waals surface area contributed by atoms with E-state index in [2.05, 4.69) is 52.2 Å². The lowest BCUT2D eigenvalue weighted by Gasteiger charge is -2.30. The number of hydrogen-bond acceptors (Lipinski definition) is 6. The van der Waals surface area contributed by atoms with E-state index in [1.165, 1.54) is 0 Å². The summed E-state index contributed by atoms with van der Waals surface area (Å²) in [5.74, 6) is 0.873. The maximum atomic E-state index is 9.74. The van der Waals surface area contributed by atoms with Gasteiger partial charge in [-0.3, -0.25) is 9.88 Å². The number of aromatic nitrogens is 5. The zero-order valence-corrected chi connectivity index (χ0v) is 13.9. The van der Waals surface area contributed by atoms with Gasteiger partial charge in [0.2, 0.25) is 0 Å². The topological polar surface area (TPSA) is 80.0 Å². The van der Waals surface area contributed by atoms with E-state index < -0.39 is 0 Å². The Morgan fingerprint density at radius 1 is 1.30 bits per heavy atom. The Bertz CT molecular complexity index is 636. The predicted octanol–water partition coefficient (Wildman–Crippen LogP) is 1.52. The Labute approximate surface area is 136 Å². The van der Waals surface area contributed by atoms with Crippen LogP contribution in [0.3, 0.4) is 0 Å². The molecule has 0 amide bonds. The van der Waals surface area contributed by atoms with Crippen molar-refractivity contribution in [2.24, 2.45) is 0 Å². The van der Waals surface area contributed by atoms with Crippen molar-refractivity contribution in [1.29, 1.82) is 0 Å². The van der Waals surface area contributed by atoms with Gasteiger partial charge in [0.25, 0.3) is 0 Å². The van der Waals surface area contributed by atoms with E-state index in [4.69, 9.17) is 0 Å². The van der Waals surface area contributed by atoms with Crippen LogP contribution >= 0.6 is 0 Å². The SMILES string of the molecule is CC(C)(C)n1nnnc1[C@H]1CC[C@@H](CO)N1Cc1cccnc1. The number of nitrogens with zero attached hydrogens (tertiary/aromatic N) is 6. The van der Waals surface area contributed by atoms with Crippen molar-refractivity contribution < 1.29 is 5.11 Å². The number of rotatable bonds is 4. The highest BCUT2D eigenvalue weighted by Gasteiger charge is 2.38. The van der Waals surface area contributed by atoms with E-state index in [-0.39, 0.29) is 24.2 Å². The van der Waals surface area contributed by atoms with Crippen LogP contribution in [0.4, 0.5) is 0 Å². The average Bonchev–Trinajstić information content (AvgIpc) is 3.14. The molecule has 7 nitrogen and oxygen atoms in total. The van der Waals surface area contributed by atoms with Crippen LogP contribution in [-0.2, 0) is 12.1 Å². The molecule has 0 aromatic carbocycles. The van der Waals surface area contributed by atoms with Crippen molar-refractivity contribution in [3.63, 3.8) is 0 Å². The second-order valence-corrected chi connectivity index (χ2v) is 7.08. The highest BCUT2D eigenvalue weighted by Crippen LogP contribution is 2.37. The summed E-state index contributed by atoms with van der Waals surface area (Å²) < 4.78 is 1.90. The molecular formula is C16H24N6O. The van der Waals surface area contributed by atoms with Gasteiger partial charge in [-0.15, -0.1) is 5.10 Å². The molecule has 23 heavy (non-hydrogen) atoms. The van der Waals surface area contributed by atoms with Crippen molar-refractivity contribution in [2.45, 2.75) is 57.8 Å². The molecule has 0 spiro atoms. The van der Waals surface area contributed by atoms with Gasteiger partial charge in [-0.1, -0.05) is 6.07 Å². The molecule has 124 valence electrons. The summed E-state index contributed by atoms with van der Waals surface area (Å²) in [6, 6.07) is 4.24. The van der Waals surface area contributed by atoms with Crippen LogP contribution in [0.25, 0.3) is 0 Å². The molecule has 0 aliphatic carbocycles. The molecule has 1 N–H and O–H groups in total. The number of tetrazole rings is 1. The summed E-state index contributed by atoms with van der Waals surface area (Å²) in [5, 5.41) is 22.1. The van der Waals surface area contributed by atoms with E-state index >= 15 is 0 Å². The normalized spacial score (nSPS) is 22.6. The summed E-state index contributed by atoms with van der Waals surface area (Å²) in [7, 11) is 0. The minimum absolute atomic E-state index is 0.113. The van der Waals surface area contributed by atoms with Crippen molar-refractivity contribution in [1.82, 2.24) is 30.1 Å². The fourth-order valence-electron chi connectivity index (χ4n) is 3.23. The molecule has 2 aromatic heterocycles. The molecular weight excluding hydrogens is 292 g/mol. The molecule has 0 radical (unpaired) electrons. The molecule has 2 aromatic rings. The number of pyridine rings is 1. The molecule has 0 bridgehead atoms. The highest BCUT2D eigenvalue weighted by molar-refractivity contribution is 5.11. The maximum absolute atomic E-state index is 9.74. The van der Waals surface area contributed by atoms with Gasteiger partial charge in [0, 0.05) is 25.0 Å². The predicted molar refractivity (Wildman–Crippen MR) is 85.4 cm³/mol. The van der Waals surface area contributed by atoms with Crippen LogP contribution in [0.15, 0.2) is 24.5 Å². The van der Waals surface area contributed by atoms with Crippen molar-refractivity contribution in [2.75, 3.05) is 6.61 Å². The van der Waals surface area contributed by atoms with Crippen LogP contribution in [0.2, 0.25) is 0 Å². The third kappa shape index (κ3) is 3.25. The molecule has 3 heterocycles. The first-order chi connectivity index (χ1) is 11.0. The molecule has 2 atom stereocenters. The molecule has 1 aliphatic rings. The summed E-state index contributed by atoms with van der Waals surface area (Å²) in [6.45, 7) is 7.17. The lowest BCUT2D eigenvalue weighted by molar-refractivity contribution is 0.114. The fraction of sp³-hybridized carbons (Fsp3) is 0.625. The smallest absolute Gasteiger partial charge is 0.168 e. The molecule has 3 rings (SSSR count). The Morgan fingerprint density at radius 2 is 2.13 bits per heavy atom. The maximum Gasteiger partial charge on any atom is 0.168 e.